The molecule has 6 rings (SSSR count). The van der Waals surface area contributed by atoms with Crippen LogP contribution in [0.15, 0.2) is 130 Å². The molecule has 59 heavy (non-hydrogen) atoms. The Kier molecular flexibility index (Phi) is 10.7. The number of carboxylic acid groups (broad SMARTS) is 2. The average Bonchev–Trinajstić information content (AvgIpc) is 3.15. The lowest BCUT2D eigenvalue weighted by molar-refractivity contribution is 0.0687. The SMILES string of the molecule is Nc1c(N=Nc2ccccc2C(=O)O)cc(S(=O)(=O)O)c2cc(S(=O)(=O)O)c(N=Nc3ccc4cc(S(=O)(=O)O)c(N=Nc5ccccc5C(=O)O)c(O)c4c3)c(O)c12. The fraction of sp³-hybridized carbons (Fsp3) is 0. The third-order valence-electron chi connectivity index (χ3n) is 8.25. The van der Waals surface area contributed by atoms with Crippen LogP contribution in [0.1, 0.15) is 20.7 Å². The first-order chi connectivity index (χ1) is 27.6. The Morgan fingerprint density at radius 1 is 0.508 bits per heavy atom. The normalized spacial score (nSPS) is 12.7. The maximum absolute atomic E-state index is 12.6. The Bertz CT molecular complexity index is 3250. The van der Waals surface area contributed by atoms with Gasteiger partial charge in [-0.2, -0.15) is 30.4 Å². The van der Waals surface area contributed by atoms with Gasteiger partial charge in [0.1, 0.15) is 43.1 Å². The number of aromatic carboxylic acids is 2. The number of aromatic hydroxyl groups is 2. The van der Waals surface area contributed by atoms with Gasteiger partial charge in [0, 0.05) is 10.8 Å². The van der Waals surface area contributed by atoms with Crippen molar-refractivity contribution in [1.29, 1.82) is 0 Å². The number of nitrogens with two attached hydrogens (primary N) is 1. The predicted octanol–water partition coefficient (Wildman–Crippen LogP) is 7.37. The molecule has 0 atom stereocenters. The number of azo groups is 3. The molecule has 6 aromatic rings. The van der Waals surface area contributed by atoms with Gasteiger partial charge >= 0.3 is 11.9 Å². The van der Waals surface area contributed by atoms with Crippen LogP contribution < -0.4 is 5.73 Å². The first-order valence-corrected chi connectivity index (χ1v) is 20.1. The van der Waals surface area contributed by atoms with E-state index in [1.807, 2.05) is 0 Å². The molecule has 6 aromatic carbocycles. The second-order valence-corrected chi connectivity index (χ2v) is 16.1. The van der Waals surface area contributed by atoms with E-state index >= 15 is 0 Å². The Hall–Kier alpha value is -7.29. The first-order valence-electron chi connectivity index (χ1n) is 15.8. The summed E-state index contributed by atoms with van der Waals surface area (Å²) in [6.45, 7) is 0. The maximum atomic E-state index is 12.6. The summed E-state index contributed by atoms with van der Waals surface area (Å²) in [6, 6.07) is 15.8. The Morgan fingerprint density at radius 2 is 0.983 bits per heavy atom. The summed E-state index contributed by atoms with van der Waals surface area (Å²) in [5, 5.41) is 62.4. The maximum Gasteiger partial charge on any atom is 0.337 e. The van der Waals surface area contributed by atoms with Gasteiger partial charge in [-0.05, 0) is 60.0 Å². The third kappa shape index (κ3) is 8.26. The van der Waals surface area contributed by atoms with E-state index in [1.54, 1.807) is 0 Å². The fourth-order valence-corrected chi connectivity index (χ4v) is 7.59. The molecule has 0 aliphatic rings. The van der Waals surface area contributed by atoms with Crippen molar-refractivity contribution in [3.8, 4) is 11.5 Å². The number of hydrogen-bond acceptors (Lipinski definition) is 17. The van der Waals surface area contributed by atoms with E-state index in [0.29, 0.717) is 12.1 Å². The average molecular weight is 866 g/mol. The zero-order chi connectivity index (χ0) is 43.2. The van der Waals surface area contributed by atoms with Crippen LogP contribution in [0.4, 0.5) is 39.8 Å². The number of nitrogens with zero attached hydrogens (tertiary/aromatic N) is 6. The van der Waals surface area contributed by atoms with E-state index < -0.39 is 102 Å². The van der Waals surface area contributed by atoms with Crippen LogP contribution in [0.5, 0.6) is 11.5 Å². The molecule has 0 amide bonds. The number of benzene rings is 6. The molecule has 302 valence electrons. The molecule has 9 N–H and O–H groups in total. The van der Waals surface area contributed by atoms with Gasteiger partial charge < -0.3 is 26.2 Å². The number of phenols is 2. The minimum atomic E-state index is -5.41. The number of carboxylic acids is 2. The molecule has 0 bridgehead atoms. The van der Waals surface area contributed by atoms with Crippen LogP contribution in [0.2, 0.25) is 0 Å². The van der Waals surface area contributed by atoms with Crippen molar-refractivity contribution in [2.45, 2.75) is 14.7 Å². The summed E-state index contributed by atoms with van der Waals surface area (Å²) in [4.78, 5) is 20.0. The highest BCUT2D eigenvalue weighted by Gasteiger charge is 2.29. The molecule has 0 saturated carbocycles. The van der Waals surface area contributed by atoms with Crippen LogP contribution in [-0.2, 0) is 30.4 Å². The van der Waals surface area contributed by atoms with Crippen LogP contribution in [0.3, 0.4) is 0 Å². The van der Waals surface area contributed by atoms with Gasteiger partial charge in [-0.1, -0.05) is 30.3 Å². The largest absolute Gasteiger partial charge is 0.505 e. The molecule has 0 aliphatic heterocycles. The van der Waals surface area contributed by atoms with Gasteiger partial charge in [0.15, 0.2) is 11.5 Å². The molecule has 0 radical (unpaired) electrons. The smallest absolute Gasteiger partial charge is 0.337 e. The second kappa shape index (κ2) is 15.2. The fourth-order valence-electron chi connectivity index (χ4n) is 5.59. The second-order valence-electron chi connectivity index (χ2n) is 11.9. The number of phenolic OH excluding ortho intramolecular Hbond substituents is 2. The predicted molar refractivity (Wildman–Crippen MR) is 204 cm³/mol. The topological polar surface area (TPSA) is 378 Å². The van der Waals surface area contributed by atoms with Gasteiger partial charge in [-0.25, -0.2) is 9.59 Å². The summed E-state index contributed by atoms with van der Waals surface area (Å²) in [7, 11) is -15.8. The Balaban J connectivity index is 1.54. The van der Waals surface area contributed by atoms with Crippen LogP contribution in [-0.4, -0.2) is 71.3 Å². The van der Waals surface area contributed by atoms with Crippen molar-refractivity contribution in [1.82, 2.24) is 0 Å². The number of anilines is 1. The van der Waals surface area contributed by atoms with E-state index in [1.165, 1.54) is 54.6 Å². The molecule has 0 aromatic heterocycles. The number of hydrogen-bond donors (Lipinski definition) is 8. The molecule has 25 heteroatoms. The molecule has 0 spiro atoms. The zero-order valence-corrected chi connectivity index (χ0v) is 31.4. The first kappa shape index (κ1) is 41.3. The monoisotopic (exact) mass is 865 g/mol. The molecular formula is C34H23N7O15S3. The van der Waals surface area contributed by atoms with E-state index in [4.69, 9.17) is 5.73 Å². The van der Waals surface area contributed by atoms with E-state index in [0.717, 1.165) is 18.2 Å². The Morgan fingerprint density at radius 3 is 1.53 bits per heavy atom. The summed E-state index contributed by atoms with van der Waals surface area (Å²) < 4.78 is 105. The third-order valence-corrected chi connectivity index (χ3v) is 10.9. The summed E-state index contributed by atoms with van der Waals surface area (Å²) >= 11 is 0. The van der Waals surface area contributed by atoms with E-state index in [2.05, 4.69) is 30.7 Å². The van der Waals surface area contributed by atoms with Crippen molar-refractivity contribution in [3.05, 3.63) is 96.1 Å². The molecule has 0 heterocycles. The standard InChI is InChI=1S/C34H23N7O15S3/c35-28-23(39-37-21-7-3-1-5-17(21)33(44)45)14-24(57(48,49)50)20-13-26(59(54,55)56)30(32(43)27(20)28)40-36-16-10-9-15-11-25(58(51,52)53)29(31(42)19(15)12-16)41-38-22-8-4-2-6-18(22)34(46)47/h1-14,42-43H,35H2,(H,44,45)(H,46,47)(H,48,49,50)(H,51,52,53)(H,54,55,56). The molecule has 0 saturated heterocycles. The van der Waals surface area contributed by atoms with Gasteiger partial charge in [-0.3, -0.25) is 13.7 Å². The van der Waals surface area contributed by atoms with Crippen molar-refractivity contribution < 1.29 is 68.9 Å². The van der Waals surface area contributed by atoms with Crippen molar-refractivity contribution in [2.75, 3.05) is 5.73 Å². The van der Waals surface area contributed by atoms with Gasteiger partial charge in [0.05, 0.1) is 27.9 Å². The van der Waals surface area contributed by atoms with Crippen LogP contribution >= 0.6 is 0 Å². The van der Waals surface area contributed by atoms with Gasteiger partial charge in [-0.15, -0.1) is 25.6 Å². The van der Waals surface area contributed by atoms with Crippen LogP contribution in [0.25, 0.3) is 21.5 Å². The quantitative estimate of drug-likeness (QED) is 0.0358. The zero-order valence-electron chi connectivity index (χ0n) is 29.0. The highest BCUT2D eigenvalue weighted by molar-refractivity contribution is 7.86. The lowest BCUT2D eigenvalue weighted by Crippen LogP contribution is -2.04. The Labute approximate surface area is 330 Å². The molecular weight excluding hydrogens is 843 g/mol. The number of rotatable bonds is 11. The molecule has 0 fully saturated rings. The molecule has 22 nitrogen and oxygen atoms in total. The van der Waals surface area contributed by atoms with Crippen molar-refractivity contribution in [2.24, 2.45) is 30.7 Å². The minimum Gasteiger partial charge on any atom is -0.505 e. The highest BCUT2D eigenvalue weighted by Crippen LogP contribution is 2.49. The summed E-state index contributed by atoms with van der Waals surface area (Å²) in [5.74, 6) is -4.96. The number of fused-ring (bicyclic) bond motifs is 2. The molecule has 0 unspecified atom stereocenters. The highest BCUT2D eigenvalue weighted by atomic mass is 32.2. The summed E-state index contributed by atoms with van der Waals surface area (Å²) in [6.07, 6.45) is 0. The van der Waals surface area contributed by atoms with Gasteiger partial charge in [0.25, 0.3) is 30.4 Å². The number of carbonyl (C=O) groups is 2. The lowest BCUT2D eigenvalue weighted by Gasteiger charge is -2.14. The van der Waals surface area contributed by atoms with E-state index in [9.17, 15) is 68.9 Å². The lowest BCUT2D eigenvalue weighted by atomic mass is 10.0. The van der Waals surface area contributed by atoms with Crippen molar-refractivity contribution >= 4 is 104 Å². The minimum absolute atomic E-state index is 0.0515. The van der Waals surface area contributed by atoms with E-state index in [-0.39, 0.29) is 39.0 Å². The van der Waals surface area contributed by atoms with Crippen molar-refractivity contribution in [3.63, 3.8) is 0 Å². The summed E-state index contributed by atoms with van der Waals surface area (Å²) in [5.41, 5.74) is 1.77. The molecule has 0 aliphatic carbocycles. The van der Waals surface area contributed by atoms with Gasteiger partial charge in [0.2, 0.25) is 0 Å². The van der Waals surface area contributed by atoms with Crippen LogP contribution in [0, 0.1) is 0 Å². The number of nitrogen functional groups attached to an aromatic ring is 1.